The Morgan fingerprint density at radius 1 is 1.55 bits per heavy atom. The van der Waals surface area contributed by atoms with E-state index in [2.05, 4.69) is 5.10 Å². The molecule has 0 N–H and O–H groups in total. The van der Waals surface area contributed by atoms with E-state index in [0.717, 1.165) is 30.8 Å². The number of amides is 1. The Morgan fingerprint density at radius 3 is 3.15 bits per heavy atom. The van der Waals surface area contributed by atoms with E-state index in [9.17, 15) is 4.79 Å². The Bertz CT molecular complexity index is 576. The van der Waals surface area contributed by atoms with E-state index in [0.29, 0.717) is 12.5 Å². The van der Waals surface area contributed by atoms with Gasteiger partial charge in [-0.05, 0) is 36.8 Å². The molecule has 1 aliphatic heterocycles. The van der Waals surface area contributed by atoms with Crippen LogP contribution in [0.1, 0.15) is 23.3 Å². The average Bonchev–Trinajstić information content (AvgIpc) is 3.12. The molecule has 0 aromatic carbocycles. The first-order valence-corrected chi connectivity index (χ1v) is 7.91. The number of likely N-dealkylation sites (tertiary alicyclic amines) is 1. The van der Waals surface area contributed by atoms with Crippen LogP contribution >= 0.6 is 11.3 Å². The van der Waals surface area contributed by atoms with Gasteiger partial charge in [0.05, 0.1) is 25.2 Å². The van der Waals surface area contributed by atoms with Gasteiger partial charge < -0.3 is 4.90 Å². The third kappa shape index (κ3) is 2.93. The van der Waals surface area contributed by atoms with Crippen molar-refractivity contribution in [2.45, 2.75) is 38.8 Å². The molecule has 0 radical (unpaired) electrons. The maximum Gasteiger partial charge on any atom is 0.228 e. The second-order valence-electron chi connectivity index (χ2n) is 5.38. The molecule has 3 heterocycles. The average molecular weight is 289 g/mol. The van der Waals surface area contributed by atoms with E-state index in [1.807, 2.05) is 46.4 Å². The van der Waals surface area contributed by atoms with Crippen molar-refractivity contribution in [3.63, 3.8) is 0 Å². The Morgan fingerprint density at radius 2 is 2.45 bits per heavy atom. The minimum atomic E-state index is 0.249. The first-order valence-electron chi connectivity index (χ1n) is 7.03. The summed E-state index contributed by atoms with van der Waals surface area (Å²) in [4.78, 5) is 15.6. The Kier molecular flexibility index (Phi) is 3.87. The fourth-order valence-electron chi connectivity index (χ4n) is 2.80. The molecule has 1 saturated heterocycles. The highest BCUT2D eigenvalue weighted by Gasteiger charge is 2.29. The molecule has 5 heteroatoms. The molecular weight excluding hydrogens is 270 g/mol. The summed E-state index contributed by atoms with van der Waals surface area (Å²) in [6.45, 7) is 3.73. The van der Waals surface area contributed by atoms with Gasteiger partial charge in [-0.25, -0.2) is 0 Å². The first-order chi connectivity index (χ1) is 9.72. The van der Waals surface area contributed by atoms with Crippen molar-refractivity contribution < 1.29 is 4.79 Å². The van der Waals surface area contributed by atoms with Gasteiger partial charge in [0.25, 0.3) is 0 Å². The van der Waals surface area contributed by atoms with Gasteiger partial charge in [-0.3, -0.25) is 9.48 Å². The molecule has 3 rings (SSSR count). The standard InChI is InChI=1S/C15H19N3OS/c1-12-9-16-17(10-12)11-13-4-2-6-18(13)15(19)8-14-5-3-7-20-14/h3,5,7,9-10,13H,2,4,6,8,11H2,1H3/t13-/m1/s1. The highest BCUT2D eigenvalue weighted by atomic mass is 32.1. The third-order valence-corrected chi connectivity index (χ3v) is 4.64. The van der Waals surface area contributed by atoms with Crippen LogP contribution in [-0.4, -0.2) is 33.2 Å². The molecule has 1 amide bonds. The van der Waals surface area contributed by atoms with Gasteiger partial charge in [0.1, 0.15) is 0 Å². The quantitative estimate of drug-likeness (QED) is 0.867. The van der Waals surface area contributed by atoms with Crippen LogP contribution in [0.4, 0.5) is 0 Å². The Labute approximate surface area is 123 Å². The molecule has 106 valence electrons. The highest BCUT2D eigenvalue weighted by molar-refractivity contribution is 7.10. The van der Waals surface area contributed by atoms with Crippen molar-refractivity contribution in [1.82, 2.24) is 14.7 Å². The lowest BCUT2D eigenvalue weighted by Crippen LogP contribution is -2.39. The summed E-state index contributed by atoms with van der Waals surface area (Å²) in [6.07, 6.45) is 6.62. The molecule has 0 aliphatic carbocycles. The molecule has 1 aliphatic rings. The van der Waals surface area contributed by atoms with E-state index >= 15 is 0 Å². The Balaban J connectivity index is 1.64. The Hall–Kier alpha value is -1.62. The molecule has 1 atom stereocenters. The van der Waals surface area contributed by atoms with Crippen molar-refractivity contribution in [2.24, 2.45) is 0 Å². The van der Waals surface area contributed by atoms with Crippen LogP contribution in [0.2, 0.25) is 0 Å². The van der Waals surface area contributed by atoms with Crippen LogP contribution < -0.4 is 0 Å². The lowest BCUT2D eigenvalue weighted by atomic mass is 10.2. The lowest BCUT2D eigenvalue weighted by Gasteiger charge is -2.24. The van der Waals surface area contributed by atoms with Crippen molar-refractivity contribution in [1.29, 1.82) is 0 Å². The topological polar surface area (TPSA) is 38.1 Å². The van der Waals surface area contributed by atoms with Crippen molar-refractivity contribution in [2.75, 3.05) is 6.54 Å². The molecular formula is C15H19N3OS. The van der Waals surface area contributed by atoms with Gasteiger partial charge in [0.15, 0.2) is 0 Å². The molecule has 2 aromatic rings. The summed E-state index contributed by atoms with van der Waals surface area (Å²) in [5, 5.41) is 6.35. The number of aromatic nitrogens is 2. The predicted octanol–water partition coefficient (Wildman–Crippen LogP) is 2.49. The second kappa shape index (κ2) is 5.79. The van der Waals surface area contributed by atoms with Gasteiger partial charge in [-0.15, -0.1) is 11.3 Å². The van der Waals surface area contributed by atoms with Crippen LogP contribution in [0.25, 0.3) is 0 Å². The summed E-state index contributed by atoms with van der Waals surface area (Å²) in [5.74, 6) is 0.249. The molecule has 0 saturated carbocycles. The predicted molar refractivity (Wildman–Crippen MR) is 79.7 cm³/mol. The van der Waals surface area contributed by atoms with Crippen LogP contribution in [0, 0.1) is 6.92 Å². The third-order valence-electron chi connectivity index (χ3n) is 3.76. The number of carbonyl (C=O) groups excluding carboxylic acids is 1. The molecule has 2 aromatic heterocycles. The van der Waals surface area contributed by atoms with E-state index in [-0.39, 0.29) is 5.91 Å². The van der Waals surface area contributed by atoms with Crippen LogP contribution in [0.15, 0.2) is 29.9 Å². The number of carbonyl (C=O) groups is 1. The number of hydrogen-bond donors (Lipinski definition) is 0. The fraction of sp³-hybridized carbons (Fsp3) is 0.467. The molecule has 0 spiro atoms. The van der Waals surface area contributed by atoms with Crippen molar-refractivity contribution in [3.8, 4) is 0 Å². The minimum Gasteiger partial charge on any atom is -0.338 e. The maximum atomic E-state index is 12.4. The van der Waals surface area contributed by atoms with E-state index in [1.54, 1.807) is 11.3 Å². The highest BCUT2D eigenvalue weighted by Crippen LogP contribution is 2.21. The summed E-state index contributed by atoms with van der Waals surface area (Å²) >= 11 is 1.65. The first kappa shape index (κ1) is 13.4. The lowest BCUT2D eigenvalue weighted by molar-refractivity contribution is -0.131. The summed E-state index contributed by atoms with van der Waals surface area (Å²) < 4.78 is 1.96. The van der Waals surface area contributed by atoms with Crippen LogP contribution in [0.3, 0.4) is 0 Å². The van der Waals surface area contributed by atoms with Gasteiger partial charge in [0.2, 0.25) is 5.91 Å². The number of nitrogens with zero attached hydrogens (tertiary/aromatic N) is 3. The smallest absolute Gasteiger partial charge is 0.228 e. The number of rotatable bonds is 4. The molecule has 0 bridgehead atoms. The van der Waals surface area contributed by atoms with E-state index in [4.69, 9.17) is 0 Å². The number of aryl methyl sites for hydroxylation is 1. The minimum absolute atomic E-state index is 0.249. The monoisotopic (exact) mass is 289 g/mol. The molecule has 1 fully saturated rings. The second-order valence-corrected chi connectivity index (χ2v) is 6.41. The SMILES string of the molecule is Cc1cnn(C[C@H]2CCCN2C(=O)Cc2cccs2)c1. The van der Waals surface area contributed by atoms with Gasteiger partial charge in [-0.1, -0.05) is 6.07 Å². The zero-order valence-corrected chi connectivity index (χ0v) is 12.5. The van der Waals surface area contributed by atoms with Crippen LogP contribution in [0.5, 0.6) is 0 Å². The van der Waals surface area contributed by atoms with Gasteiger partial charge in [-0.2, -0.15) is 5.10 Å². The zero-order valence-electron chi connectivity index (χ0n) is 11.7. The van der Waals surface area contributed by atoms with Gasteiger partial charge in [0, 0.05) is 17.6 Å². The maximum absolute atomic E-state index is 12.4. The van der Waals surface area contributed by atoms with E-state index in [1.165, 1.54) is 5.56 Å². The van der Waals surface area contributed by atoms with Gasteiger partial charge >= 0.3 is 0 Å². The van der Waals surface area contributed by atoms with Crippen molar-refractivity contribution >= 4 is 17.2 Å². The zero-order chi connectivity index (χ0) is 13.9. The summed E-state index contributed by atoms with van der Waals surface area (Å²) in [5.41, 5.74) is 1.17. The fourth-order valence-corrected chi connectivity index (χ4v) is 3.50. The molecule has 20 heavy (non-hydrogen) atoms. The normalized spacial score (nSPS) is 18.6. The largest absolute Gasteiger partial charge is 0.338 e. The summed E-state index contributed by atoms with van der Waals surface area (Å²) in [7, 11) is 0. The molecule has 0 unspecified atom stereocenters. The molecule has 4 nitrogen and oxygen atoms in total. The van der Waals surface area contributed by atoms with Crippen LogP contribution in [-0.2, 0) is 17.8 Å². The van der Waals surface area contributed by atoms with Crippen molar-refractivity contribution in [3.05, 3.63) is 40.3 Å². The summed E-state index contributed by atoms with van der Waals surface area (Å²) in [6, 6.07) is 4.33. The van der Waals surface area contributed by atoms with E-state index < -0.39 is 0 Å². The number of hydrogen-bond acceptors (Lipinski definition) is 3. The number of thiophene rings is 1.